The van der Waals surface area contributed by atoms with E-state index in [1.165, 1.54) is 32.7 Å². The third-order valence-electron chi connectivity index (χ3n) is 2.64. The summed E-state index contributed by atoms with van der Waals surface area (Å²) >= 11 is 2.07. The van der Waals surface area contributed by atoms with E-state index in [1.807, 2.05) is 0 Å². The quantitative estimate of drug-likeness (QED) is 0.798. The molecule has 0 aliphatic carbocycles. The predicted octanol–water partition coefficient (Wildman–Crippen LogP) is 2.85. The van der Waals surface area contributed by atoms with Crippen molar-refractivity contribution >= 4 is 28.3 Å². The Morgan fingerprint density at radius 2 is 1.85 bits per heavy atom. The van der Waals surface area contributed by atoms with Gasteiger partial charge in [0.1, 0.15) is 12.1 Å². The summed E-state index contributed by atoms with van der Waals surface area (Å²) in [6.07, 6.45) is 1.38. The molecule has 0 amide bonds. The summed E-state index contributed by atoms with van der Waals surface area (Å²) in [6, 6.07) is 4.54. The molecule has 0 saturated carbocycles. The summed E-state index contributed by atoms with van der Waals surface area (Å²) in [5.74, 6) is 0.626. The van der Waals surface area contributed by atoms with Crippen molar-refractivity contribution in [3.8, 4) is 11.8 Å². The van der Waals surface area contributed by atoms with Crippen LogP contribution in [0.2, 0.25) is 0 Å². The molecule has 0 bridgehead atoms. The Morgan fingerprint density at radius 1 is 1.20 bits per heavy atom. The van der Waals surface area contributed by atoms with E-state index in [9.17, 15) is 4.39 Å². The molecule has 5 nitrogen and oxygen atoms in total. The van der Waals surface area contributed by atoms with Gasteiger partial charge in [-0.1, -0.05) is 0 Å². The van der Waals surface area contributed by atoms with Gasteiger partial charge in [-0.25, -0.2) is 14.4 Å². The number of nitrogens with zero attached hydrogens (tertiary/aromatic N) is 2. The summed E-state index contributed by atoms with van der Waals surface area (Å²) in [6.45, 7) is 0.412. The van der Waals surface area contributed by atoms with E-state index >= 15 is 0 Å². The number of nitrogens with one attached hydrogen (secondary N) is 1. The summed E-state index contributed by atoms with van der Waals surface area (Å²) in [7, 11) is 3.07. The first-order valence-electron chi connectivity index (χ1n) is 5.76. The van der Waals surface area contributed by atoms with Gasteiger partial charge in [0.25, 0.3) is 0 Å². The molecule has 0 radical (unpaired) electrons. The van der Waals surface area contributed by atoms with Crippen molar-refractivity contribution in [1.29, 1.82) is 0 Å². The Morgan fingerprint density at radius 3 is 2.40 bits per heavy atom. The molecule has 0 fully saturated rings. The highest BCUT2D eigenvalue weighted by molar-refractivity contribution is 14.1. The number of ether oxygens (including phenoxy) is 2. The SMILES string of the molecule is COc1ncnc(OC)c1CNc1ccc(F)cc1I. The Balaban J connectivity index is 2.22. The van der Waals surface area contributed by atoms with Crippen LogP contribution in [0.5, 0.6) is 11.8 Å². The third kappa shape index (κ3) is 3.27. The molecule has 0 spiro atoms. The highest BCUT2D eigenvalue weighted by Gasteiger charge is 2.13. The maximum atomic E-state index is 13.1. The van der Waals surface area contributed by atoms with Crippen LogP contribution in [0.4, 0.5) is 10.1 Å². The molecule has 0 unspecified atom stereocenters. The van der Waals surface area contributed by atoms with E-state index in [1.54, 1.807) is 6.07 Å². The first kappa shape index (κ1) is 14.8. The smallest absolute Gasteiger partial charge is 0.225 e. The molecule has 0 aliphatic heterocycles. The lowest BCUT2D eigenvalue weighted by molar-refractivity contribution is 0.363. The van der Waals surface area contributed by atoms with Gasteiger partial charge in [0.15, 0.2) is 0 Å². The number of hydrogen-bond donors (Lipinski definition) is 1. The van der Waals surface area contributed by atoms with E-state index in [0.717, 1.165) is 9.26 Å². The number of hydrogen-bond acceptors (Lipinski definition) is 5. The second-order valence-electron chi connectivity index (χ2n) is 3.85. The van der Waals surface area contributed by atoms with Gasteiger partial charge >= 0.3 is 0 Å². The summed E-state index contributed by atoms with van der Waals surface area (Å²) in [5.41, 5.74) is 1.53. The van der Waals surface area contributed by atoms with Crippen molar-refractivity contribution in [3.05, 3.63) is 39.5 Å². The zero-order valence-corrected chi connectivity index (χ0v) is 13.1. The van der Waals surface area contributed by atoms with E-state index in [-0.39, 0.29) is 5.82 Å². The number of benzene rings is 1. The minimum Gasteiger partial charge on any atom is -0.481 e. The molecular formula is C13H13FIN3O2. The number of halogens is 2. The second-order valence-corrected chi connectivity index (χ2v) is 5.01. The number of rotatable bonds is 5. The maximum absolute atomic E-state index is 13.1. The predicted molar refractivity (Wildman–Crippen MR) is 81.6 cm³/mol. The van der Waals surface area contributed by atoms with E-state index in [2.05, 4.69) is 37.9 Å². The van der Waals surface area contributed by atoms with Crippen LogP contribution < -0.4 is 14.8 Å². The van der Waals surface area contributed by atoms with Crippen molar-refractivity contribution in [3.63, 3.8) is 0 Å². The molecule has 106 valence electrons. The minimum absolute atomic E-state index is 0.266. The Hall–Kier alpha value is -1.64. The van der Waals surface area contributed by atoms with Gasteiger partial charge in [-0.3, -0.25) is 0 Å². The normalized spacial score (nSPS) is 10.2. The monoisotopic (exact) mass is 389 g/mol. The molecule has 1 N–H and O–H groups in total. The van der Waals surface area contributed by atoms with E-state index < -0.39 is 0 Å². The molecule has 2 aromatic rings. The van der Waals surface area contributed by atoms with Gasteiger partial charge < -0.3 is 14.8 Å². The van der Waals surface area contributed by atoms with Gasteiger partial charge in [0, 0.05) is 9.26 Å². The lowest BCUT2D eigenvalue weighted by atomic mass is 10.2. The van der Waals surface area contributed by atoms with Crippen LogP contribution >= 0.6 is 22.6 Å². The summed E-state index contributed by atoms with van der Waals surface area (Å²) in [4.78, 5) is 8.08. The molecule has 20 heavy (non-hydrogen) atoms. The topological polar surface area (TPSA) is 56.3 Å². The molecule has 2 rings (SSSR count). The van der Waals surface area contributed by atoms with Crippen LogP contribution in [0.25, 0.3) is 0 Å². The van der Waals surface area contributed by atoms with Gasteiger partial charge in [-0.05, 0) is 40.8 Å². The number of methoxy groups -OCH3 is 2. The first-order chi connectivity index (χ1) is 9.65. The first-order valence-corrected chi connectivity index (χ1v) is 6.84. The van der Waals surface area contributed by atoms with Crippen molar-refractivity contribution < 1.29 is 13.9 Å². The molecule has 0 aliphatic rings. The zero-order valence-electron chi connectivity index (χ0n) is 11.0. The fourth-order valence-corrected chi connectivity index (χ4v) is 2.37. The standard InChI is InChI=1S/C13H13FIN3O2/c1-19-12-9(13(20-2)18-7-17-12)6-16-11-4-3-8(14)5-10(11)15/h3-5,7,16H,6H2,1-2H3. The summed E-state index contributed by atoms with van der Waals surface area (Å²) < 4.78 is 24.2. The molecule has 7 heteroatoms. The maximum Gasteiger partial charge on any atom is 0.225 e. The Bertz CT molecular complexity index is 588. The van der Waals surface area contributed by atoms with Crippen molar-refractivity contribution in [1.82, 2.24) is 9.97 Å². The van der Waals surface area contributed by atoms with Crippen LogP contribution in [0, 0.1) is 9.39 Å². The minimum atomic E-state index is -0.266. The Kier molecular flexibility index (Phi) is 4.94. The van der Waals surface area contributed by atoms with E-state index in [0.29, 0.717) is 23.9 Å². The lowest BCUT2D eigenvalue weighted by Gasteiger charge is -2.13. The van der Waals surface area contributed by atoms with Crippen LogP contribution in [0.15, 0.2) is 24.5 Å². The molecule has 1 aromatic carbocycles. The molecule has 1 heterocycles. The van der Waals surface area contributed by atoms with Crippen molar-refractivity contribution in [2.75, 3.05) is 19.5 Å². The molecular weight excluding hydrogens is 376 g/mol. The van der Waals surface area contributed by atoms with Gasteiger partial charge in [-0.2, -0.15) is 0 Å². The largest absolute Gasteiger partial charge is 0.481 e. The molecule has 0 atom stereocenters. The van der Waals surface area contributed by atoms with Crippen molar-refractivity contribution in [2.24, 2.45) is 0 Å². The molecule has 1 aromatic heterocycles. The average molecular weight is 389 g/mol. The summed E-state index contributed by atoms with van der Waals surface area (Å²) in [5, 5.41) is 3.19. The van der Waals surface area contributed by atoms with Crippen LogP contribution in [-0.4, -0.2) is 24.2 Å². The second kappa shape index (κ2) is 6.69. The van der Waals surface area contributed by atoms with Crippen LogP contribution in [0.3, 0.4) is 0 Å². The van der Waals surface area contributed by atoms with Gasteiger partial charge in [0.2, 0.25) is 11.8 Å². The zero-order chi connectivity index (χ0) is 14.5. The van der Waals surface area contributed by atoms with E-state index in [4.69, 9.17) is 9.47 Å². The molecule has 0 saturated heterocycles. The third-order valence-corrected chi connectivity index (χ3v) is 3.53. The van der Waals surface area contributed by atoms with Gasteiger partial charge in [-0.15, -0.1) is 0 Å². The fraction of sp³-hybridized carbons (Fsp3) is 0.231. The average Bonchev–Trinajstić information content (AvgIpc) is 2.46. The van der Waals surface area contributed by atoms with Gasteiger partial charge in [0.05, 0.1) is 26.3 Å². The van der Waals surface area contributed by atoms with Crippen LogP contribution in [0.1, 0.15) is 5.56 Å². The lowest BCUT2D eigenvalue weighted by Crippen LogP contribution is -2.07. The highest BCUT2D eigenvalue weighted by atomic mass is 127. The highest BCUT2D eigenvalue weighted by Crippen LogP contribution is 2.26. The number of aromatic nitrogens is 2. The van der Waals surface area contributed by atoms with Crippen molar-refractivity contribution in [2.45, 2.75) is 6.54 Å². The Labute approximate surface area is 129 Å². The number of anilines is 1. The fourth-order valence-electron chi connectivity index (χ4n) is 1.70. The van der Waals surface area contributed by atoms with Crippen LogP contribution in [-0.2, 0) is 6.54 Å².